The Kier molecular flexibility index (Phi) is 20.0. The van der Waals surface area contributed by atoms with Crippen LogP contribution in [-0.2, 0) is 50.4 Å². The van der Waals surface area contributed by atoms with Gasteiger partial charge in [0.1, 0.15) is 11.5 Å². The Bertz CT molecular complexity index is 659. The van der Waals surface area contributed by atoms with Crippen molar-refractivity contribution in [1.29, 1.82) is 0 Å². The maximum Gasteiger partial charge on any atom is 0 e. The van der Waals surface area contributed by atoms with E-state index in [9.17, 15) is 14.4 Å². The van der Waals surface area contributed by atoms with E-state index in [0.717, 1.165) is 0 Å². The molecule has 0 saturated carbocycles. The van der Waals surface area contributed by atoms with Gasteiger partial charge < -0.3 is 9.52 Å². The molecule has 3 radical (unpaired) electrons. The van der Waals surface area contributed by atoms with Crippen LogP contribution in [0.5, 0.6) is 0 Å². The van der Waals surface area contributed by atoms with Crippen LogP contribution in [-0.4, -0.2) is 22.6 Å². The number of carboxylic acid groups (broad SMARTS) is 1. The summed E-state index contributed by atoms with van der Waals surface area (Å²) in [6.45, 7) is 13.5. The van der Waals surface area contributed by atoms with E-state index in [4.69, 9.17) is 23.5 Å². The van der Waals surface area contributed by atoms with Gasteiger partial charge in [-0.15, -0.1) is 0 Å². The average molecular weight is 544 g/mol. The third-order valence-corrected chi connectivity index (χ3v) is 2.83. The second-order valence-corrected chi connectivity index (χ2v) is 4.36. The zero-order valence-corrected chi connectivity index (χ0v) is 16.5. The summed E-state index contributed by atoms with van der Waals surface area (Å²) in [6, 6.07) is 3.03. The standard InChI is InChI=1S/C15H13O5.3CO.Re/c16-12(10-3-1-2-4-10)9-13(17)14-7-5-11(20-14)6-8-15(18)19;3*1-2;/h1-5,7H,6,8-9H2,(H,18,19);;;;/q-1;;;;. The van der Waals surface area contributed by atoms with E-state index in [0.29, 0.717) is 11.7 Å². The van der Waals surface area contributed by atoms with Crippen molar-refractivity contribution in [2.45, 2.75) is 19.3 Å². The molecule has 1 aliphatic carbocycles. The van der Waals surface area contributed by atoms with Crippen molar-refractivity contribution >= 4 is 17.5 Å². The molecule has 1 heterocycles. The molecular weight excluding hydrogens is 530 g/mol. The molecule has 0 saturated heterocycles. The summed E-state index contributed by atoms with van der Waals surface area (Å²) in [5.74, 6) is -0.584. The van der Waals surface area contributed by atoms with Crippen molar-refractivity contribution in [2.75, 3.05) is 0 Å². The van der Waals surface area contributed by atoms with Crippen molar-refractivity contribution < 1.29 is 58.3 Å². The number of aliphatic carboxylic acids is 1. The van der Waals surface area contributed by atoms with E-state index < -0.39 is 11.8 Å². The van der Waals surface area contributed by atoms with Gasteiger partial charge in [-0.3, -0.25) is 14.4 Å². The molecule has 2 rings (SSSR count). The molecule has 27 heavy (non-hydrogen) atoms. The number of hydrogen-bond acceptors (Lipinski definition) is 4. The van der Waals surface area contributed by atoms with E-state index in [1.807, 2.05) is 0 Å². The van der Waals surface area contributed by atoms with Crippen molar-refractivity contribution in [1.82, 2.24) is 0 Å². The monoisotopic (exact) mass is 544 g/mol. The molecule has 0 amide bonds. The molecule has 9 heteroatoms. The Hall–Kier alpha value is -2.42. The molecule has 8 nitrogen and oxygen atoms in total. The molecule has 1 aromatic rings. The fraction of sp³-hybridized carbons (Fsp3) is 0.167. The van der Waals surface area contributed by atoms with Crippen LogP contribution in [0.3, 0.4) is 0 Å². The largest absolute Gasteiger partial charge is 0 e. The minimum Gasteiger partial charge on any atom is 0 e. The number of carbonyl (C=O) groups excluding carboxylic acids is 2. The molecule has 0 unspecified atom stereocenters. The second-order valence-electron chi connectivity index (χ2n) is 4.36. The van der Waals surface area contributed by atoms with Crippen molar-refractivity contribution in [3.8, 4) is 0 Å². The Morgan fingerprint density at radius 1 is 1.04 bits per heavy atom. The van der Waals surface area contributed by atoms with E-state index in [1.54, 1.807) is 31.1 Å². The molecule has 1 aromatic heterocycles. The van der Waals surface area contributed by atoms with Gasteiger partial charge in [-0.25, -0.2) is 18.6 Å². The van der Waals surface area contributed by atoms with Gasteiger partial charge in [0, 0.05) is 26.8 Å². The van der Waals surface area contributed by atoms with Crippen LogP contribution < -0.4 is 0 Å². The molecule has 0 aromatic carbocycles. The van der Waals surface area contributed by atoms with Gasteiger partial charge in [-0.05, 0) is 18.1 Å². The summed E-state index contributed by atoms with van der Waals surface area (Å²) in [6.07, 6.45) is 6.66. The van der Waals surface area contributed by atoms with E-state index >= 15 is 0 Å². The normalized spacial score (nSPS) is 10.7. The third-order valence-electron chi connectivity index (χ3n) is 2.83. The first-order valence-corrected chi connectivity index (χ1v) is 6.76. The number of hydrogen-bond donors (Lipinski definition) is 1. The number of Topliss-reactive ketones (excluding diaryl/α,β-unsaturated/α-hetero) is 2. The molecule has 141 valence electrons. The van der Waals surface area contributed by atoms with Crippen LogP contribution in [0.15, 0.2) is 28.7 Å². The van der Waals surface area contributed by atoms with Gasteiger partial charge in [0.25, 0.3) is 0 Å². The van der Waals surface area contributed by atoms with Crippen molar-refractivity contribution in [2.24, 2.45) is 0 Å². The number of allylic oxidation sites excluding steroid dienone is 2. The quantitative estimate of drug-likeness (QED) is 0.242. The summed E-state index contributed by atoms with van der Waals surface area (Å²) in [5.41, 5.74) is 0. The Balaban J connectivity index is -0.000000749. The fourth-order valence-electron chi connectivity index (χ4n) is 1.79. The number of ketones is 2. The third kappa shape index (κ3) is 11.7. The topological polar surface area (TPSA) is 144 Å². The number of furan rings is 1. The predicted molar refractivity (Wildman–Crippen MR) is 81.4 cm³/mol. The van der Waals surface area contributed by atoms with Crippen molar-refractivity contribution in [3.63, 3.8) is 0 Å². The van der Waals surface area contributed by atoms with Crippen LogP contribution in [0.25, 0.3) is 0 Å². The minimum absolute atomic E-state index is 0. The Labute approximate surface area is 169 Å². The molecule has 0 atom stereocenters. The molecule has 1 N–H and O–H groups in total. The first-order chi connectivity index (χ1) is 12.6. The molecule has 0 bridgehead atoms. The van der Waals surface area contributed by atoms with Gasteiger partial charge in [0.2, 0.25) is 5.78 Å². The minimum atomic E-state index is -0.930. The van der Waals surface area contributed by atoms with Crippen LogP contribution in [0.2, 0.25) is 0 Å². The number of carboxylic acids is 1. The molecule has 1 aliphatic rings. The maximum atomic E-state index is 11.9. The number of aryl methyl sites for hydroxylation is 1. The average Bonchev–Trinajstić information content (AvgIpc) is 3.37. The van der Waals surface area contributed by atoms with Crippen molar-refractivity contribution in [3.05, 3.63) is 74.5 Å². The summed E-state index contributed by atoms with van der Waals surface area (Å²) in [5, 5.41) is 8.56. The summed E-state index contributed by atoms with van der Waals surface area (Å²) in [4.78, 5) is 34.1. The molecule has 0 spiro atoms. The van der Waals surface area contributed by atoms with Crippen LogP contribution in [0.4, 0.5) is 0 Å². The van der Waals surface area contributed by atoms with Gasteiger partial charge in [0.05, 0.1) is 12.8 Å². The van der Waals surface area contributed by atoms with Crippen LogP contribution in [0.1, 0.15) is 29.2 Å². The predicted octanol–water partition coefficient (Wildman–Crippen LogP) is 1.88. The molecule has 0 fully saturated rings. The Morgan fingerprint density at radius 2 is 1.63 bits per heavy atom. The Morgan fingerprint density at radius 3 is 2.11 bits per heavy atom. The first-order valence-electron chi connectivity index (χ1n) is 6.76. The molecular formula is C18H13O8Re-. The van der Waals surface area contributed by atoms with E-state index in [2.05, 4.69) is 20.0 Å². The van der Waals surface area contributed by atoms with Gasteiger partial charge >= 0.3 is 39.9 Å². The van der Waals surface area contributed by atoms with Gasteiger partial charge in [-0.1, -0.05) is 6.42 Å². The van der Waals surface area contributed by atoms with Crippen LogP contribution >= 0.6 is 0 Å². The van der Waals surface area contributed by atoms with Gasteiger partial charge in [0.15, 0.2) is 5.76 Å². The zero-order valence-electron chi connectivity index (χ0n) is 13.8. The van der Waals surface area contributed by atoms with E-state index in [1.165, 1.54) is 6.07 Å². The number of rotatable bonds is 7. The van der Waals surface area contributed by atoms with Crippen LogP contribution in [0, 0.1) is 38.7 Å². The maximum absolute atomic E-state index is 11.9. The smallest absolute Gasteiger partial charge is 0 e. The summed E-state index contributed by atoms with van der Waals surface area (Å²) >= 11 is 0. The first kappa shape index (κ1) is 29.3. The fourth-order valence-corrected chi connectivity index (χ4v) is 1.79. The SMILES string of the molecule is O=C(O)CCc1ccc(C(=O)CC(=O)[C]2[CH]C=C[CH-]2)o1.[C-]#[O+].[C-]#[O+].[C-]#[O+].[Re]. The summed E-state index contributed by atoms with van der Waals surface area (Å²) in [7, 11) is 0. The zero-order chi connectivity index (χ0) is 20.5. The number of carbonyl (C=O) groups is 3. The molecule has 0 aliphatic heterocycles. The van der Waals surface area contributed by atoms with Gasteiger partial charge in [-0.2, -0.15) is 0 Å². The summed E-state index contributed by atoms with van der Waals surface area (Å²) < 4.78 is 27.7. The van der Waals surface area contributed by atoms with E-state index in [-0.39, 0.29) is 51.2 Å². The second kappa shape index (κ2) is 18.4.